The summed E-state index contributed by atoms with van der Waals surface area (Å²) in [5.74, 6) is 0.776. The lowest BCUT2D eigenvalue weighted by atomic mass is 10.1. The van der Waals surface area contributed by atoms with Gasteiger partial charge in [-0.25, -0.2) is 0 Å². The summed E-state index contributed by atoms with van der Waals surface area (Å²) in [4.78, 5) is 6.55. The van der Waals surface area contributed by atoms with Crippen molar-refractivity contribution in [1.29, 1.82) is 0 Å². The molecule has 1 aliphatic rings. The van der Waals surface area contributed by atoms with Crippen LogP contribution in [0.4, 0.5) is 5.69 Å². The van der Waals surface area contributed by atoms with Gasteiger partial charge in [0.25, 0.3) is 0 Å². The Morgan fingerprint density at radius 2 is 1.95 bits per heavy atom. The average Bonchev–Trinajstić information content (AvgIpc) is 2.52. The van der Waals surface area contributed by atoms with Crippen LogP contribution in [0, 0.1) is 0 Å². The maximum Gasteiger partial charge on any atom is 0.139 e. The zero-order chi connectivity index (χ0) is 14.9. The highest BCUT2D eigenvalue weighted by Gasteiger charge is 2.16. The van der Waals surface area contributed by atoms with E-state index in [0.29, 0.717) is 32.5 Å². The molecule has 1 saturated heterocycles. The first-order valence-electron chi connectivity index (χ1n) is 7.44. The highest BCUT2D eigenvalue weighted by Crippen LogP contribution is 2.22. The van der Waals surface area contributed by atoms with Crippen LogP contribution in [0.1, 0.15) is 12.8 Å². The van der Waals surface area contributed by atoms with Gasteiger partial charge in [-0.15, -0.1) is 0 Å². The molecule has 21 heavy (non-hydrogen) atoms. The summed E-state index contributed by atoms with van der Waals surface area (Å²) in [7, 11) is 1.66. The number of hydrogen-bond donors (Lipinski definition) is 1. The summed E-state index contributed by atoms with van der Waals surface area (Å²) < 4.78 is 15.9. The number of pyridine rings is 1. The van der Waals surface area contributed by atoms with E-state index < -0.39 is 0 Å². The zero-order valence-electron chi connectivity index (χ0n) is 12.7. The smallest absolute Gasteiger partial charge is 0.139 e. The van der Waals surface area contributed by atoms with Crippen LogP contribution in [0.25, 0.3) is 0 Å². The van der Waals surface area contributed by atoms with Crippen LogP contribution in [0.3, 0.4) is 0 Å². The molecule has 6 nitrogen and oxygen atoms in total. The van der Waals surface area contributed by atoms with E-state index in [1.807, 2.05) is 12.3 Å². The van der Waals surface area contributed by atoms with E-state index in [1.165, 1.54) is 0 Å². The third kappa shape index (κ3) is 5.49. The number of anilines is 1. The molecule has 0 bridgehead atoms. The third-order valence-corrected chi connectivity index (χ3v) is 3.53. The number of methoxy groups -OCH3 is 1. The molecule has 2 N–H and O–H groups in total. The summed E-state index contributed by atoms with van der Waals surface area (Å²) >= 11 is 0. The Bertz CT molecular complexity index is 409. The molecule has 0 saturated carbocycles. The third-order valence-electron chi connectivity index (χ3n) is 3.53. The Kier molecular flexibility index (Phi) is 6.72. The minimum atomic E-state index is 0.331. The number of nitrogens with zero attached hydrogens (tertiary/aromatic N) is 2. The summed E-state index contributed by atoms with van der Waals surface area (Å²) in [5.41, 5.74) is 7.03. The number of hydrogen-bond acceptors (Lipinski definition) is 6. The fourth-order valence-electron chi connectivity index (χ4n) is 2.28. The van der Waals surface area contributed by atoms with E-state index in [-0.39, 0.29) is 0 Å². The van der Waals surface area contributed by atoms with Crippen molar-refractivity contribution in [2.24, 2.45) is 5.73 Å². The molecule has 1 aromatic heterocycles. The highest BCUT2D eigenvalue weighted by molar-refractivity contribution is 5.48. The predicted octanol–water partition coefficient (Wildman–Crippen LogP) is 1.05. The quantitative estimate of drug-likeness (QED) is 0.723. The van der Waals surface area contributed by atoms with Crippen LogP contribution < -0.4 is 15.4 Å². The molecule has 0 spiro atoms. The Labute approximate surface area is 126 Å². The minimum absolute atomic E-state index is 0.331. The molecule has 0 radical (unpaired) electrons. The Balaban J connectivity index is 1.75. The molecule has 2 heterocycles. The van der Waals surface area contributed by atoms with Gasteiger partial charge in [-0.05, 0) is 12.8 Å². The molecule has 0 unspecified atom stereocenters. The van der Waals surface area contributed by atoms with Gasteiger partial charge in [-0.2, -0.15) is 0 Å². The largest absolute Gasteiger partial charge is 0.489 e. The molecule has 0 aromatic carbocycles. The number of rotatable bonds is 8. The lowest BCUT2D eigenvalue weighted by Gasteiger charge is -2.31. The minimum Gasteiger partial charge on any atom is -0.489 e. The molecule has 2 rings (SSSR count). The van der Waals surface area contributed by atoms with Crippen LogP contribution in [0.5, 0.6) is 5.75 Å². The van der Waals surface area contributed by atoms with Gasteiger partial charge in [0.1, 0.15) is 12.4 Å². The molecule has 0 aliphatic carbocycles. The van der Waals surface area contributed by atoms with Gasteiger partial charge < -0.3 is 24.8 Å². The topological polar surface area (TPSA) is 69.8 Å². The van der Waals surface area contributed by atoms with Crippen molar-refractivity contribution in [2.45, 2.75) is 18.9 Å². The SMILES string of the molecule is COCCOCCOc1cncc(N2CCC(N)CC2)c1. The second-order valence-corrected chi connectivity index (χ2v) is 5.16. The van der Waals surface area contributed by atoms with Crippen molar-refractivity contribution in [1.82, 2.24) is 4.98 Å². The fourth-order valence-corrected chi connectivity index (χ4v) is 2.28. The first kappa shape index (κ1) is 16.0. The lowest BCUT2D eigenvalue weighted by molar-refractivity contribution is 0.0544. The van der Waals surface area contributed by atoms with Crippen LogP contribution in [-0.2, 0) is 9.47 Å². The molecular formula is C15H25N3O3. The first-order valence-corrected chi connectivity index (χ1v) is 7.44. The van der Waals surface area contributed by atoms with Gasteiger partial charge in [0, 0.05) is 32.3 Å². The van der Waals surface area contributed by atoms with Crippen molar-refractivity contribution < 1.29 is 14.2 Å². The van der Waals surface area contributed by atoms with Gasteiger partial charge in [0.15, 0.2) is 0 Å². The van der Waals surface area contributed by atoms with Gasteiger partial charge in [-0.1, -0.05) is 0 Å². The number of aromatic nitrogens is 1. The highest BCUT2D eigenvalue weighted by atomic mass is 16.5. The normalized spacial score (nSPS) is 16.2. The second kappa shape index (κ2) is 8.81. The maximum absolute atomic E-state index is 5.93. The van der Waals surface area contributed by atoms with E-state index >= 15 is 0 Å². The van der Waals surface area contributed by atoms with E-state index in [1.54, 1.807) is 13.3 Å². The summed E-state index contributed by atoms with van der Waals surface area (Å²) in [6.45, 7) is 4.21. The molecule has 0 atom stereocenters. The van der Waals surface area contributed by atoms with E-state index in [0.717, 1.165) is 37.4 Å². The summed E-state index contributed by atoms with van der Waals surface area (Å²) in [5, 5.41) is 0. The van der Waals surface area contributed by atoms with Gasteiger partial charge in [0.2, 0.25) is 0 Å². The maximum atomic E-state index is 5.93. The number of nitrogens with two attached hydrogens (primary N) is 1. The average molecular weight is 295 g/mol. The van der Waals surface area contributed by atoms with Crippen LogP contribution in [0.15, 0.2) is 18.5 Å². The molecular weight excluding hydrogens is 270 g/mol. The van der Waals surface area contributed by atoms with Gasteiger partial charge >= 0.3 is 0 Å². The standard InChI is InChI=1S/C15H25N3O3/c1-19-6-7-20-8-9-21-15-10-14(11-17-12-15)18-4-2-13(16)3-5-18/h10-13H,2-9,16H2,1H3. The van der Waals surface area contributed by atoms with Gasteiger partial charge in [0.05, 0.1) is 37.9 Å². The van der Waals surface area contributed by atoms with Crippen molar-refractivity contribution >= 4 is 5.69 Å². The summed E-state index contributed by atoms with van der Waals surface area (Å²) in [6, 6.07) is 2.36. The zero-order valence-corrected chi connectivity index (χ0v) is 12.7. The number of piperidine rings is 1. The first-order chi connectivity index (χ1) is 10.3. The van der Waals surface area contributed by atoms with Crippen LogP contribution >= 0.6 is 0 Å². The van der Waals surface area contributed by atoms with Crippen molar-refractivity contribution in [2.75, 3.05) is 51.5 Å². The van der Waals surface area contributed by atoms with Crippen molar-refractivity contribution in [3.8, 4) is 5.75 Å². The van der Waals surface area contributed by atoms with E-state index in [9.17, 15) is 0 Å². The van der Waals surface area contributed by atoms with E-state index in [4.69, 9.17) is 19.9 Å². The lowest BCUT2D eigenvalue weighted by Crippen LogP contribution is -2.39. The molecule has 1 fully saturated rings. The molecule has 1 aliphatic heterocycles. The Morgan fingerprint density at radius 3 is 2.71 bits per heavy atom. The number of ether oxygens (including phenoxy) is 3. The fraction of sp³-hybridized carbons (Fsp3) is 0.667. The van der Waals surface area contributed by atoms with Gasteiger partial charge in [-0.3, -0.25) is 4.98 Å². The molecule has 0 amide bonds. The van der Waals surface area contributed by atoms with Crippen molar-refractivity contribution in [3.05, 3.63) is 18.5 Å². The van der Waals surface area contributed by atoms with Crippen LogP contribution in [0.2, 0.25) is 0 Å². The second-order valence-electron chi connectivity index (χ2n) is 5.16. The molecule has 1 aromatic rings. The van der Waals surface area contributed by atoms with Crippen LogP contribution in [-0.4, -0.2) is 57.7 Å². The molecule has 118 valence electrons. The Morgan fingerprint density at radius 1 is 1.19 bits per heavy atom. The Hall–Kier alpha value is -1.37. The predicted molar refractivity (Wildman–Crippen MR) is 81.8 cm³/mol. The van der Waals surface area contributed by atoms with Crippen molar-refractivity contribution in [3.63, 3.8) is 0 Å². The molecule has 6 heteroatoms. The van der Waals surface area contributed by atoms with E-state index in [2.05, 4.69) is 9.88 Å². The summed E-state index contributed by atoms with van der Waals surface area (Å²) in [6.07, 6.45) is 5.66. The monoisotopic (exact) mass is 295 g/mol.